The summed E-state index contributed by atoms with van der Waals surface area (Å²) in [6.07, 6.45) is 4.49. The molecule has 0 N–H and O–H groups in total. The highest BCUT2D eigenvalue weighted by molar-refractivity contribution is 6.04. The van der Waals surface area contributed by atoms with Crippen LogP contribution in [0.15, 0.2) is 67.1 Å². The van der Waals surface area contributed by atoms with Gasteiger partial charge in [0.25, 0.3) is 0 Å². The van der Waals surface area contributed by atoms with Crippen molar-refractivity contribution < 1.29 is 18.7 Å². The summed E-state index contributed by atoms with van der Waals surface area (Å²) in [5.41, 5.74) is 4.25. The first-order chi connectivity index (χ1) is 17.6. The maximum Gasteiger partial charge on any atom is 0.414 e. The Hall–Kier alpha value is -4.97. The molecule has 9 heteroatoms. The van der Waals surface area contributed by atoms with Gasteiger partial charge in [0.05, 0.1) is 42.3 Å². The lowest BCUT2D eigenvalue weighted by molar-refractivity contribution is 0.181. The number of hydrogen-bond donors (Lipinski definition) is 0. The SMILES string of the molecule is COc1nc2cnc3ccc(C#Cc4cccnc4)cc3c2n1-c1ccc(N2CCOC2=O)c(F)c1. The van der Waals surface area contributed by atoms with Gasteiger partial charge in [-0.1, -0.05) is 11.8 Å². The van der Waals surface area contributed by atoms with Gasteiger partial charge in [-0.3, -0.25) is 19.4 Å². The van der Waals surface area contributed by atoms with Crippen LogP contribution < -0.4 is 9.64 Å². The van der Waals surface area contributed by atoms with Gasteiger partial charge in [-0.15, -0.1) is 0 Å². The molecule has 0 saturated carbocycles. The van der Waals surface area contributed by atoms with E-state index < -0.39 is 11.9 Å². The summed E-state index contributed by atoms with van der Waals surface area (Å²) in [6.45, 7) is 0.524. The highest BCUT2D eigenvalue weighted by Gasteiger charge is 2.27. The Morgan fingerprint density at radius 3 is 2.69 bits per heavy atom. The second kappa shape index (κ2) is 8.67. The van der Waals surface area contributed by atoms with Crippen LogP contribution in [-0.4, -0.2) is 45.9 Å². The molecule has 0 spiro atoms. The fourth-order valence-corrected chi connectivity index (χ4v) is 4.23. The number of carbonyl (C=O) groups is 1. The smallest absolute Gasteiger partial charge is 0.414 e. The number of aromatic nitrogens is 4. The van der Waals surface area contributed by atoms with Crippen molar-refractivity contribution in [3.8, 4) is 23.5 Å². The summed E-state index contributed by atoms with van der Waals surface area (Å²) in [4.78, 5) is 26.4. The summed E-state index contributed by atoms with van der Waals surface area (Å²) in [6, 6.07) is 14.3. The summed E-state index contributed by atoms with van der Waals surface area (Å²) < 4.78 is 27.4. The molecule has 1 fully saturated rings. The Labute approximate surface area is 204 Å². The zero-order valence-corrected chi connectivity index (χ0v) is 19.1. The van der Waals surface area contributed by atoms with Crippen molar-refractivity contribution in [2.75, 3.05) is 25.2 Å². The van der Waals surface area contributed by atoms with E-state index in [0.717, 1.165) is 22.0 Å². The van der Waals surface area contributed by atoms with Crippen LogP contribution in [0.25, 0.3) is 27.6 Å². The van der Waals surface area contributed by atoms with Crippen molar-refractivity contribution in [3.05, 3.63) is 84.1 Å². The third-order valence-corrected chi connectivity index (χ3v) is 5.89. The van der Waals surface area contributed by atoms with Gasteiger partial charge in [-0.25, -0.2) is 9.18 Å². The molecule has 0 unspecified atom stereocenters. The van der Waals surface area contributed by atoms with E-state index in [1.165, 1.54) is 18.1 Å². The van der Waals surface area contributed by atoms with Crippen LogP contribution in [0.3, 0.4) is 0 Å². The Bertz CT molecular complexity index is 1710. The summed E-state index contributed by atoms with van der Waals surface area (Å²) in [7, 11) is 1.50. The van der Waals surface area contributed by atoms with Gasteiger partial charge in [-0.2, -0.15) is 4.98 Å². The van der Waals surface area contributed by atoms with E-state index in [2.05, 4.69) is 26.8 Å². The largest absolute Gasteiger partial charge is 0.468 e. The number of nitrogens with zero attached hydrogens (tertiary/aromatic N) is 5. The molecule has 1 aliphatic heterocycles. The number of anilines is 1. The van der Waals surface area contributed by atoms with E-state index in [1.807, 2.05) is 30.3 Å². The second-order valence-corrected chi connectivity index (χ2v) is 8.05. The van der Waals surface area contributed by atoms with Gasteiger partial charge in [-0.05, 0) is 42.5 Å². The van der Waals surface area contributed by atoms with Crippen LogP contribution in [0.2, 0.25) is 0 Å². The predicted octanol–water partition coefficient (Wildman–Crippen LogP) is 4.47. The van der Waals surface area contributed by atoms with Gasteiger partial charge in [0.15, 0.2) is 0 Å². The minimum absolute atomic E-state index is 0.157. The van der Waals surface area contributed by atoms with E-state index in [4.69, 9.17) is 9.47 Å². The topological polar surface area (TPSA) is 82.4 Å². The van der Waals surface area contributed by atoms with Gasteiger partial charge >= 0.3 is 12.1 Å². The van der Waals surface area contributed by atoms with Crippen LogP contribution in [0.1, 0.15) is 11.1 Å². The molecule has 1 aliphatic rings. The molecular formula is C27H18FN5O3. The zero-order valence-electron chi connectivity index (χ0n) is 19.1. The molecule has 36 heavy (non-hydrogen) atoms. The molecule has 1 saturated heterocycles. The molecule has 0 radical (unpaired) electrons. The molecule has 0 atom stereocenters. The molecule has 176 valence electrons. The molecule has 2 aromatic carbocycles. The fourth-order valence-electron chi connectivity index (χ4n) is 4.23. The van der Waals surface area contributed by atoms with Gasteiger partial charge in [0.2, 0.25) is 0 Å². The van der Waals surface area contributed by atoms with E-state index in [9.17, 15) is 4.79 Å². The first-order valence-electron chi connectivity index (χ1n) is 11.1. The number of hydrogen-bond acceptors (Lipinski definition) is 6. The van der Waals surface area contributed by atoms with Crippen LogP contribution in [0.4, 0.5) is 14.9 Å². The third kappa shape index (κ3) is 3.65. The van der Waals surface area contributed by atoms with Crippen molar-refractivity contribution in [3.63, 3.8) is 0 Å². The molecule has 5 aromatic rings. The molecule has 8 nitrogen and oxygen atoms in total. The van der Waals surface area contributed by atoms with Crippen LogP contribution in [0.5, 0.6) is 6.01 Å². The Morgan fingerprint density at radius 1 is 1.06 bits per heavy atom. The number of amides is 1. The number of fused-ring (bicyclic) bond motifs is 3. The average Bonchev–Trinajstić information content (AvgIpc) is 3.51. The second-order valence-electron chi connectivity index (χ2n) is 8.05. The molecule has 6 rings (SSSR count). The number of carbonyl (C=O) groups excluding carboxylic acids is 1. The van der Waals surface area contributed by atoms with Crippen molar-refractivity contribution in [1.82, 2.24) is 19.5 Å². The Balaban J connectivity index is 1.51. The van der Waals surface area contributed by atoms with E-state index in [-0.39, 0.29) is 18.3 Å². The number of benzene rings is 2. The van der Waals surface area contributed by atoms with Crippen molar-refractivity contribution >= 4 is 33.7 Å². The Kier molecular flexibility index (Phi) is 5.19. The van der Waals surface area contributed by atoms with Crippen molar-refractivity contribution in [2.24, 2.45) is 0 Å². The molecule has 0 aliphatic carbocycles. The number of cyclic esters (lactones) is 1. The maximum absolute atomic E-state index is 15.2. The molecule has 4 heterocycles. The van der Waals surface area contributed by atoms with Gasteiger partial charge < -0.3 is 9.47 Å². The number of ether oxygens (including phenoxy) is 2. The summed E-state index contributed by atoms with van der Waals surface area (Å²) in [5, 5.41) is 0.786. The fraction of sp³-hybridized carbons (Fsp3) is 0.111. The van der Waals surface area contributed by atoms with Gasteiger partial charge in [0, 0.05) is 35.0 Å². The number of rotatable bonds is 3. The molecule has 3 aromatic heterocycles. The lowest BCUT2D eigenvalue weighted by atomic mass is 10.1. The zero-order chi connectivity index (χ0) is 24.6. The first-order valence-corrected chi connectivity index (χ1v) is 11.1. The van der Waals surface area contributed by atoms with Crippen LogP contribution >= 0.6 is 0 Å². The normalized spacial score (nSPS) is 13.1. The van der Waals surface area contributed by atoms with E-state index in [1.54, 1.807) is 35.3 Å². The van der Waals surface area contributed by atoms with Crippen LogP contribution in [0, 0.1) is 17.7 Å². The maximum atomic E-state index is 15.2. The molecular weight excluding hydrogens is 461 g/mol. The van der Waals surface area contributed by atoms with E-state index in [0.29, 0.717) is 23.3 Å². The number of imidazole rings is 1. The van der Waals surface area contributed by atoms with E-state index >= 15 is 4.39 Å². The third-order valence-electron chi connectivity index (χ3n) is 5.89. The summed E-state index contributed by atoms with van der Waals surface area (Å²) in [5.74, 6) is 5.71. The lowest BCUT2D eigenvalue weighted by Crippen LogP contribution is -2.24. The lowest BCUT2D eigenvalue weighted by Gasteiger charge is -2.15. The summed E-state index contributed by atoms with van der Waals surface area (Å²) >= 11 is 0. The monoisotopic (exact) mass is 479 g/mol. The standard InChI is InChI=1S/C27H18FN5O3/c1-35-26-31-23-16-30-22-8-6-17(4-5-18-3-2-10-29-15-18)13-20(22)25(23)33(26)19-7-9-24(21(28)14-19)32-11-12-36-27(32)34/h2-3,6-10,13-16H,11-12H2,1H3. The van der Waals surface area contributed by atoms with Crippen molar-refractivity contribution in [1.29, 1.82) is 0 Å². The number of methoxy groups -OCH3 is 1. The first kappa shape index (κ1) is 21.6. The Morgan fingerprint density at radius 2 is 1.94 bits per heavy atom. The number of halogens is 1. The highest BCUT2D eigenvalue weighted by atomic mass is 19.1. The highest BCUT2D eigenvalue weighted by Crippen LogP contribution is 2.33. The van der Waals surface area contributed by atoms with Crippen molar-refractivity contribution in [2.45, 2.75) is 0 Å². The molecule has 0 bridgehead atoms. The average molecular weight is 479 g/mol. The molecule has 1 amide bonds. The predicted molar refractivity (Wildman–Crippen MR) is 132 cm³/mol. The number of pyridine rings is 2. The minimum atomic E-state index is -0.565. The van der Waals surface area contributed by atoms with Crippen LogP contribution in [-0.2, 0) is 4.74 Å². The van der Waals surface area contributed by atoms with Gasteiger partial charge in [0.1, 0.15) is 17.9 Å². The minimum Gasteiger partial charge on any atom is -0.468 e. The quantitative estimate of drug-likeness (QED) is 0.355.